The van der Waals surface area contributed by atoms with Gasteiger partial charge in [-0.15, -0.1) is 0 Å². The van der Waals surface area contributed by atoms with Crippen molar-refractivity contribution in [2.75, 3.05) is 18.5 Å². The van der Waals surface area contributed by atoms with Gasteiger partial charge in [0.05, 0.1) is 22.6 Å². The van der Waals surface area contributed by atoms with Crippen molar-refractivity contribution in [3.05, 3.63) is 35.5 Å². The maximum atomic E-state index is 12.3. The first kappa shape index (κ1) is 18.0. The number of fused-ring (bicyclic) bond motifs is 1. The molecule has 27 heavy (non-hydrogen) atoms. The van der Waals surface area contributed by atoms with Crippen LogP contribution >= 0.6 is 11.3 Å². The fourth-order valence-corrected chi connectivity index (χ4v) is 4.60. The van der Waals surface area contributed by atoms with Gasteiger partial charge in [0.15, 0.2) is 10.8 Å². The first-order valence-electron chi connectivity index (χ1n) is 9.45. The normalized spacial score (nSPS) is 14.8. The van der Waals surface area contributed by atoms with E-state index < -0.39 is 0 Å². The molecule has 3 aromatic rings. The van der Waals surface area contributed by atoms with E-state index in [-0.39, 0.29) is 5.91 Å². The summed E-state index contributed by atoms with van der Waals surface area (Å²) >= 11 is 1.59. The van der Waals surface area contributed by atoms with E-state index in [4.69, 9.17) is 4.98 Å². The molecular weight excluding hydrogens is 358 g/mol. The molecule has 0 unspecified atom stereocenters. The predicted molar refractivity (Wildman–Crippen MR) is 110 cm³/mol. The Morgan fingerprint density at radius 2 is 2.11 bits per heavy atom. The monoisotopic (exact) mass is 383 g/mol. The maximum Gasteiger partial charge on any atom is 0.239 e. The zero-order valence-corrected chi connectivity index (χ0v) is 16.8. The van der Waals surface area contributed by atoms with Crippen LogP contribution in [0.25, 0.3) is 16.0 Å². The number of aryl methyl sites for hydroxylation is 2. The second-order valence-electron chi connectivity index (χ2n) is 7.39. The number of carbonyl (C=O) groups is 1. The lowest BCUT2D eigenvalue weighted by atomic mass is 10.2. The molecule has 0 saturated heterocycles. The van der Waals surface area contributed by atoms with E-state index in [1.54, 1.807) is 11.3 Å². The van der Waals surface area contributed by atoms with Crippen LogP contribution in [0.15, 0.2) is 24.3 Å². The fourth-order valence-electron chi connectivity index (χ4n) is 3.65. The van der Waals surface area contributed by atoms with E-state index in [0.717, 1.165) is 39.7 Å². The Balaban J connectivity index is 1.56. The summed E-state index contributed by atoms with van der Waals surface area (Å²) in [5, 5.41) is 8.64. The summed E-state index contributed by atoms with van der Waals surface area (Å²) in [7, 11) is 1.92. The van der Waals surface area contributed by atoms with Crippen molar-refractivity contribution in [2.45, 2.75) is 45.6 Å². The van der Waals surface area contributed by atoms with E-state index in [9.17, 15) is 4.79 Å². The number of benzene rings is 1. The Hall–Kier alpha value is -2.41. The average Bonchev–Trinajstić information content (AvgIpc) is 3.33. The lowest BCUT2D eigenvalue weighted by molar-refractivity contribution is -0.120. The molecule has 1 saturated carbocycles. The number of aromatic nitrogens is 3. The molecule has 0 atom stereocenters. The number of amides is 1. The highest BCUT2D eigenvalue weighted by Crippen LogP contribution is 2.32. The minimum atomic E-state index is 0.0701. The van der Waals surface area contributed by atoms with Crippen molar-refractivity contribution < 1.29 is 4.79 Å². The third-order valence-corrected chi connectivity index (χ3v) is 6.32. The molecule has 1 N–H and O–H groups in total. The molecule has 2 aromatic heterocycles. The molecule has 1 aliphatic rings. The Bertz CT molecular complexity index is 970. The van der Waals surface area contributed by atoms with Crippen LogP contribution in [0.5, 0.6) is 0 Å². The van der Waals surface area contributed by atoms with Crippen LogP contribution in [0.4, 0.5) is 5.13 Å². The molecule has 0 aliphatic heterocycles. The predicted octanol–water partition coefficient (Wildman–Crippen LogP) is 3.59. The van der Waals surface area contributed by atoms with Gasteiger partial charge in [-0.2, -0.15) is 10.1 Å². The molecule has 4 rings (SSSR count). The molecule has 7 heteroatoms. The molecule has 1 aromatic carbocycles. The number of rotatable bonds is 5. The van der Waals surface area contributed by atoms with Crippen LogP contribution < -0.4 is 10.2 Å². The topological polar surface area (TPSA) is 63.1 Å². The molecule has 0 spiro atoms. The van der Waals surface area contributed by atoms with E-state index in [1.807, 2.05) is 35.7 Å². The van der Waals surface area contributed by atoms with Crippen molar-refractivity contribution in [3.63, 3.8) is 0 Å². The van der Waals surface area contributed by atoms with Crippen LogP contribution in [0, 0.1) is 13.8 Å². The van der Waals surface area contributed by atoms with Crippen LogP contribution in [0.3, 0.4) is 0 Å². The molecule has 1 fully saturated rings. The van der Waals surface area contributed by atoms with Gasteiger partial charge < -0.3 is 10.2 Å². The lowest BCUT2D eigenvalue weighted by Crippen LogP contribution is -2.39. The van der Waals surface area contributed by atoms with Gasteiger partial charge in [0.1, 0.15) is 0 Å². The average molecular weight is 384 g/mol. The second kappa shape index (κ2) is 7.31. The number of nitrogens with one attached hydrogen (secondary N) is 1. The smallest absolute Gasteiger partial charge is 0.239 e. The van der Waals surface area contributed by atoms with Crippen LogP contribution in [-0.4, -0.2) is 40.3 Å². The van der Waals surface area contributed by atoms with E-state index >= 15 is 0 Å². The van der Waals surface area contributed by atoms with Crippen LogP contribution in [-0.2, 0) is 4.79 Å². The first-order chi connectivity index (χ1) is 13.0. The minimum absolute atomic E-state index is 0.0701. The summed E-state index contributed by atoms with van der Waals surface area (Å²) in [5.74, 6) is 0.0701. The van der Waals surface area contributed by atoms with Crippen molar-refractivity contribution >= 4 is 32.7 Å². The number of anilines is 1. The van der Waals surface area contributed by atoms with Crippen molar-refractivity contribution in [1.29, 1.82) is 0 Å². The summed E-state index contributed by atoms with van der Waals surface area (Å²) in [6.45, 7) is 4.40. The van der Waals surface area contributed by atoms with Gasteiger partial charge >= 0.3 is 0 Å². The quantitative estimate of drug-likeness (QED) is 0.731. The van der Waals surface area contributed by atoms with E-state index in [0.29, 0.717) is 12.6 Å². The number of hydrogen-bond acceptors (Lipinski definition) is 5. The summed E-state index contributed by atoms with van der Waals surface area (Å²) < 4.78 is 2.96. The highest BCUT2D eigenvalue weighted by atomic mass is 32.1. The molecule has 2 heterocycles. The van der Waals surface area contributed by atoms with Crippen molar-refractivity contribution in [2.24, 2.45) is 0 Å². The number of nitrogens with zero attached hydrogens (tertiary/aromatic N) is 4. The van der Waals surface area contributed by atoms with Gasteiger partial charge in [-0.3, -0.25) is 4.79 Å². The number of carbonyl (C=O) groups excluding carboxylic acids is 1. The summed E-state index contributed by atoms with van der Waals surface area (Å²) in [6.07, 6.45) is 4.63. The van der Waals surface area contributed by atoms with Crippen molar-refractivity contribution in [1.82, 2.24) is 20.1 Å². The largest absolute Gasteiger partial charge is 0.352 e. The Morgan fingerprint density at radius 3 is 2.85 bits per heavy atom. The van der Waals surface area contributed by atoms with Gasteiger partial charge in [0.2, 0.25) is 5.91 Å². The highest BCUT2D eigenvalue weighted by molar-refractivity contribution is 7.22. The molecule has 0 bridgehead atoms. The van der Waals surface area contributed by atoms with Gasteiger partial charge in [-0.1, -0.05) is 36.3 Å². The van der Waals surface area contributed by atoms with Crippen LogP contribution in [0.1, 0.15) is 36.9 Å². The summed E-state index contributed by atoms with van der Waals surface area (Å²) in [5.41, 5.74) is 4.00. The molecule has 1 aliphatic carbocycles. The number of thiazole rings is 1. The minimum Gasteiger partial charge on any atom is -0.352 e. The lowest BCUT2D eigenvalue weighted by Gasteiger charge is -2.17. The molecule has 0 radical (unpaired) electrons. The van der Waals surface area contributed by atoms with Crippen molar-refractivity contribution in [3.8, 4) is 5.69 Å². The Kier molecular flexibility index (Phi) is 4.86. The standard InChI is InChI=1S/C20H25N5OS/c1-13-7-6-10-16(11-13)25-19-18(14(2)23-25)27-20(22-19)24(3)12-17(26)21-15-8-4-5-9-15/h6-7,10-11,15H,4-5,8-9,12H2,1-3H3,(H,21,26). The third kappa shape index (κ3) is 3.69. The number of hydrogen-bond donors (Lipinski definition) is 1. The third-order valence-electron chi connectivity index (χ3n) is 5.05. The zero-order chi connectivity index (χ0) is 19.0. The van der Waals surface area contributed by atoms with Gasteiger partial charge in [0, 0.05) is 13.1 Å². The van der Waals surface area contributed by atoms with Gasteiger partial charge in [-0.05, 0) is 44.4 Å². The Labute approximate surface area is 163 Å². The van der Waals surface area contributed by atoms with Crippen LogP contribution in [0.2, 0.25) is 0 Å². The Morgan fingerprint density at radius 1 is 1.33 bits per heavy atom. The SMILES string of the molecule is Cc1cccc(-n2nc(C)c3sc(N(C)CC(=O)NC4CCCC4)nc32)c1. The highest BCUT2D eigenvalue weighted by Gasteiger charge is 2.21. The summed E-state index contributed by atoms with van der Waals surface area (Å²) in [4.78, 5) is 19.1. The van der Waals surface area contributed by atoms with E-state index in [1.165, 1.54) is 18.4 Å². The summed E-state index contributed by atoms with van der Waals surface area (Å²) in [6, 6.07) is 8.58. The van der Waals surface area contributed by atoms with Gasteiger partial charge in [-0.25, -0.2) is 4.68 Å². The fraction of sp³-hybridized carbons (Fsp3) is 0.450. The second-order valence-corrected chi connectivity index (χ2v) is 8.37. The van der Waals surface area contributed by atoms with Gasteiger partial charge in [0.25, 0.3) is 0 Å². The number of likely N-dealkylation sites (N-methyl/N-ethyl adjacent to an activating group) is 1. The maximum absolute atomic E-state index is 12.3. The molecular formula is C20H25N5OS. The molecule has 142 valence electrons. The molecule has 1 amide bonds. The first-order valence-corrected chi connectivity index (χ1v) is 10.3. The zero-order valence-electron chi connectivity index (χ0n) is 16.0. The van der Waals surface area contributed by atoms with E-state index in [2.05, 4.69) is 29.5 Å². The molecule has 6 nitrogen and oxygen atoms in total.